The minimum atomic E-state index is -0.790. The standard InChI is InChI=1S/C18H15ClN4O3/c19-14-8-4-1-5-11(14)9-20-17(25)18(26)21-10-15-12-6-2-3-7-13(12)16(24)23-22-15/h1-8,15H,9-10H2,(H,20,25)(H,21,26). The van der Waals surface area contributed by atoms with Gasteiger partial charge in [-0.1, -0.05) is 48.0 Å². The number of benzene rings is 2. The fourth-order valence-electron chi connectivity index (χ4n) is 2.54. The van der Waals surface area contributed by atoms with E-state index in [9.17, 15) is 14.4 Å². The lowest BCUT2D eigenvalue weighted by molar-refractivity contribution is -0.139. The Labute approximate surface area is 154 Å². The molecule has 0 aliphatic carbocycles. The molecule has 1 aliphatic heterocycles. The number of hydrogen-bond donors (Lipinski definition) is 2. The molecule has 1 heterocycles. The molecule has 1 atom stereocenters. The van der Waals surface area contributed by atoms with Crippen LogP contribution in [0.5, 0.6) is 0 Å². The van der Waals surface area contributed by atoms with E-state index in [4.69, 9.17) is 11.6 Å². The van der Waals surface area contributed by atoms with Crippen LogP contribution in [0.15, 0.2) is 58.8 Å². The summed E-state index contributed by atoms with van der Waals surface area (Å²) in [6, 6.07) is 13.4. The lowest BCUT2D eigenvalue weighted by Gasteiger charge is -2.18. The summed E-state index contributed by atoms with van der Waals surface area (Å²) < 4.78 is 0. The second-order valence-corrected chi connectivity index (χ2v) is 6.01. The lowest BCUT2D eigenvalue weighted by atomic mass is 9.99. The minimum Gasteiger partial charge on any atom is -0.345 e. The number of nitrogens with one attached hydrogen (secondary N) is 2. The molecule has 0 saturated carbocycles. The maximum Gasteiger partial charge on any atom is 0.309 e. The van der Waals surface area contributed by atoms with E-state index in [1.54, 1.807) is 48.5 Å². The van der Waals surface area contributed by atoms with E-state index in [0.717, 1.165) is 0 Å². The Bertz CT molecular complexity index is 898. The molecule has 0 aromatic heterocycles. The molecule has 0 fully saturated rings. The predicted octanol–water partition coefficient (Wildman–Crippen LogP) is 2.42. The number of carbonyl (C=O) groups excluding carboxylic acids is 3. The molecule has 132 valence electrons. The zero-order valence-electron chi connectivity index (χ0n) is 13.6. The second kappa shape index (κ2) is 7.88. The first-order valence-electron chi connectivity index (χ1n) is 7.90. The number of fused-ring (bicyclic) bond motifs is 1. The van der Waals surface area contributed by atoms with Crippen LogP contribution in [0.3, 0.4) is 0 Å². The number of halogens is 1. The van der Waals surface area contributed by atoms with Crippen molar-refractivity contribution in [3.8, 4) is 0 Å². The predicted molar refractivity (Wildman–Crippen MR) is 94.7 cm³/mol. The summed E-state index contributed by atoms with van der Waals surface area (Å²) in [7, 11) is 0. The lowest BCUT2D eigenvalue weighted by Crippen LogP contribution is -2.41. The number of hydrogen-bond acceptors (Lipinski definition) is 4. The van der Waals surface area contributed by atoms with Crippen molar-refractivity contribution in [1.82, 2.24) is 10.6 Å². The monoisotopic (exact) mass is 370 g/mol. The number of rotatable bonds is 4. The van der Waals surface area contributed by atoms with Crippen LogP contribution in [0.4, 0.5) is 0 Å². The molecule has 2 N–H and O–H groups in total. The highest BCUT2D eigenvalue weighted by molar-refractivity contribution is 6.35. The van der Waals surface area contributed by atoms with Gasteiger partial charge in [0.15, 0.2) is 0 Å². The first-order chi connectivity index (χ1) is 12.6. The molecule has 0 saturated heterocycles. The van der Waals surface area contributed by atoms with Gasteiger partial charge in [-0.2, -0.15) is 5.11 Å². The zero-order chi connectivity index (χ0) is 18.5. The van der Waals surface area contributed by atoms with Gasteiger partial charge in [0.1, 0.15) is 6.04 Å². The zero-order valence-corrected chi connectivity index (χ0v) is 14.4. The summed E-state index contributed by atoms with van der Waals surface area (Å²) in [4.78, 5) is 35.6. The van der Waals surface area contributed by atoms with E-state index in [1.165, 1.54) is 0 Å². The van der Waals surface area contributed by atoms with Gasteiger partial charge in [0.2, 0.25) is 0 Å². The number of azo groups is 1. The first-order valence-corrected chi connectivity index (χ1v) is 8.27. The number of carbonyl (C=O) groups is 3. The quantitative estimate of drug-likeness (QED) is 0.808. The summed E-state index contributed by atoms with van der Waals surface area (Å²) in [6.07, 6.45) is 0. The van der Waals surface area contributed by atoms with Crippen molar-refractivity contribution in [3.63, 3.8) is 0 Å². The first kappa shape index (κ1) is 17.8. The molecule has 0 bridgehead atoms. The van der Waals surface area contributed by atoms with Gasteiger partial charge in [-0.25, -0.2) is 0 Å². The van der Waals surface area contributed by atoms with E-state index in [-0.39, 0.29) is 13.1 Å². The highest BCUT2D eigenvalue weighted by Gasteiger charge is 2.24. The van der Waals surface area contributed by atoms with E-state index >= 15 is 0 Å². The smallest absolute Gasteiger partial charge is 0.309 e. The van der Waals surface area contributed by atoms with E-state index in [0.29, 0.717) is 21.7 Å². The van der Waals surface area contributed by atoms with E-state index < -0.39 is 23.8 Å². The summed E-state index contributed by atoms with van der Waals surface area (Å²) in [5.41, 5.74) is 1.83. The Hall–Kier alpha value is -3.06. The third-order valence-electron chi connectivity index (χ3n) is 3.90. The molecule has 3 rings (SSSR count). The fraction of sp³-hybridized carbons (Fsp3) is 0.167. The van der Waals surface area contributed by atoms with Crippen LogP contribution in [-0.2, 0) is 16.1 Å². The third-order valence-corrected chi connectivity index (χ3v) is 4.27. The normalized spacial score (nSPS) is 15.3. The van der Waals surface area contributed by atoms with Gasteiger partial charge >= 0.3 is 11.8 Å². The van der Waals surface area contributed by atoms with Crippen LogP contribution in [0.1, 0.15) is 27.5 Å². The van der Waals surface area contributed by atoms with Crippen molar-refractivity contribution in [3.05, 3.63) is 70.2 Å². The maximum atomic E-state index is 12.0. The minimum absolute atomic E-state index is 0.0616. The molecule has 1 unspecified atom stereocenters. The van der Waals surface area contributed by atoms with Crippen molar-refractivity contribution in [2.75, 3.05) is 6.54 Å². The van der Waals surface area contributed by atoms with E-state index in [2.05, 4.69) is 20.9 Å². The Morgan fingerprint density at radius 1 is 1.00 bits per heavy atom. The molecule has 7 nitrogen and oxygen atoms in total. The molecule has 0 spiro atoms. The Morgan fingerprint density at radius 3 is 2.50 bits per heavy atom. The molecule has 2 aromatic carbocycles. The van der Waals surface area contributed by atoms with Crippen LogP contribution < -0.4 is 10.6 Å². The van der Waals surface area contributed by atoms with Gasteiger partial charge < -0.3 is 10.6 Å². The van der Waals surface area contributed by atoms with Crippen LogP contribution in [0.25, 0.3) is 0 Å². The number of amides is 3. The highest BCUT2D eigenvalue weighted by Crippen LogP contribution is 2.26. The van der Waals surface area contributed by atoms with Crippen LogP contribution in [-0.4, -0.2) is 24.3 Å². The Balaban J connectivity index is 1.55. The molecular formula is C18H15ClN4O3. The van der Waals surface area contributed by atoms with E-state index in [1.807, 2.05) is 0 Å². The second-order valence-electron chi connectivity index (χ2n) is 5.61. The summed E-state index contributed by atoms with van der Waals surface area (Å²) in [5, 5.41) is 13.0. The summed E-state index contributed by atoms with van der Waals surface area (Å²) in [6.45, 7) is 0.207. The highest BCUT2D eigenvalue weighted by atomic mass is 35.5. The van der Waals surface area contributed by atoms with Gasteiger partial charge in [-0.3, -0.25) is 14.4 Å². The van der Waals surface area contributed by atoms with Crippen molar-refractivity contribution < 1.29 is 14.4 Å². The SMILES string of the molecule is O=C(NCc1ccccc1Cl)C(=O)NCC1N=NC(=O)c2ccccc21. The van der Waals surface area contributed by atoms with Crippen molar-refractivity contribution in [1.29, 1.82) is 0 Å². The average molecular weight is 371 g/mol. The van der Waals surface area contributed by atoms with Crippen LogP contribution in [0, 0.1) is 0 Å². The van der Waals surface area contributed by atoms with Gasteiger partial charge in [0.25, 0.3) is 5.91 Å². The Kier molecular flexibility index (Phi) is 5.38. The largest absolute Gasteiger partial charge is 0.345 e. The fourth-order valence-corrected chi connectivity index (χ4v) is 2.74. The average Bonchev–Trinajstić information content (AvgIpc) is 2.66. The molecule has 2 aromatic rings. The van der Waals surface area contributed by atoms with Gasteiger partial charge in [-0.05, 0) is 23.3 Å². The maximum absolute atomic E-state index is 12.0. The van der Waals surface area contributed by atoms with Gasteiger partial charge in [-0.15, -0.1) is 5.11 Å². The topological polar surface area (TPSA) is 100.0 Å². The number of nitrogens with zero attached hydrogens (tertiary/aromatic N) is 2. The van der Waals surface area contributed by atoms with Crippen molar-refractivity contribution in [2.24, 2.45) is 10.2 Å². The van der Waals surface area contributed by atoms with Crippen LogP contribution in [0.2, 0.25) is 5.02 Å². The van der Waals surface area contributed by atoms with Crippen molar-refractivity contribution in [2.45, 2.75) is 12.6 Å². The summed E-state index contributed by atoms with van der Waals surface area (Å²) >= 11 is 6.01. The molecule has 0 radical (unpaired) electrons. The molecule has 26 heavy (non-hydrogen) atoms. The Morgan fingerprint density at radius 2 is 1.69 bits per heavy atom. The molecular weight excluding hydrogens is 356 g/mol. The van der Waals surface area contributed by atoms with Gasteiger partial charge in [0.05, 0.1) is 0 Å². The third kappa shape index (κ3) is 3.94. The van der Waals surface area contributed by atoms with Crippen molar-refractivity contribution >= 4 is 29.3 Å². The molecule has 3 amide bonds. The molecule has 8 heteroatoms. The van der Waals surface area contributed by atoms with Crippen LogP contribution >= 0.6 is 11.6 Å². The van der Waals surface area contributed by atoms with Gasteiger partial charge in [0, 0.05) is 23.7 Å². The summed E-state index contributed by atoms with van der Waals surface area (Å²) in [5.74, 6) is -1.98. The molecule has 1 aliphatic rings.